The van der Waals surface area contributed by atoms with Crippen molar-refractivity contribution in [3.8, 4) is 0 Å². The van der Waals surface area contributed by atoms with E-state index in [0.29, 0.717) is 12.1 Å². The van der Waals surface area contributed by atoms with Crippen LogP contribution in [0, 0.1) is 0 Å². The average Bonchev–Trinajstić information content (AvgIpc) is 2.15. The molecule has 0 spiro atoms. The Kier molecular flexibility index (Phi) is 3.96. The molecule has 0 aromatic rings. The molecule has 1 rings (SSSR count). The second-order valence-corrected chi connectivity index (χ2v) is 5.53. The topological polar surface area (TPSA) is 15.3 Å². The first-order chi connectivity index (χ1) is 6.46. The van der Waals surface area contributed by atoms with Crippen molar-refractivity contribution in [2.45, 2.75) is 64.1 Å². The van der Waals surface area contributed by atoms with Crippen LogP contribution >= 0.6 is 0 Å². The van der Waals surface area contributed by atoms with Crippen molar-refractivity contribution in [1.29, 1.82) is 0 Å². The molecule has 2 atom stereocenters. The Morgan fingerprint density at radius 2 is 1.71 bits per heavy atom. The third-order valence-corrected chi connectivity index (χ3v) is 3.66. The maximum Gasteiger partial charge on any atom is 0.0251 e. The molecule has 1 N–H and O–H groups in total. The molecule has 1 fully saturated rings. The summed E-state index contributed by atoms with van der Waals surface area (Å²) in [6.45, 7) is 6.90. The smallest absolute Gasteiger partial charge is 0.0251 e. The molecule has 1 aliphatic rings. The van der Waals surface area contributed by atoms with Crippen LogP contribution in [-0.4, -0.2) is 36.6 Å². The van der Waals surface area contributed by atoms with E-state index in [4.69, 9.17) is 0 Å². The van der Waals surface area contributed by atoms with Crippen LogP contribution in [-0.2, 0) is 0 Å². The van der Waals surface area contributed by atoms with Gasteiger partial charge in [-0.15, -0.1) is 0 Å². The molecule has 0 heterocycles. The van der Waals surface area contributed by atoms with E-state index in [1.54, 1.807) is 0 Å². The van der Waals surface area contributed by atoms with Crippen molar-refractivity contribution in [2.75, 3.05) is 14.1 Å². The summed E-state index contributed by atoms with van der Waals surface area (Å²) in [7, 11) is 4.36. The van der Waals surface area contributed by atoms with Crippen LogP contribution < -0.4 is 5.32 Å². The summed E-state index contributed by atoms with van der Waals surface area (Å²) in [6, 6.07) is 1.40. The number of nitrogens with zero attached hydrogens (tertiary/aromatic N) is 1. The van der Waals surface area contributed by atoms with Gasteiger partial charge in [-0.05, 0) is 47.7 Å². The normalized spacial score (nSPS) is 29.6. The highest BCUT2D eigenvalue weighted by Crippen LogP contribution is 2.26. The van der Waals surface area contributed by atoms with Gasteiger partial charge >= 0.3 is 0 Å². The van der Waals surface area contributed by atoms with E-state index in [9.17, 15) is 0 Å². The Bertz CT molecular complexity index is 172. The van der Waals surface area contributed by atoms with Crippen LogP contribution in [0.25, 0.3) is 0 Å². The van der Waals surface area contributed by atoms with E-state index in [0.717, 1.165) is 0 Å². The third kappa shape index (κ3) is 2.71. The monoisotopic (exact) mass is 198 g/mol. The Morgan fingerprint density at radius 1 is 1.14 bits per heavy atom. The van der Waals surface area contributed by atoms with E-state index in [2.05, 4.69) is 45.1 Å². The molecule has 1 aliphatic carbocycles. The summed E-state index contributed by atoms with van der Waals surface area (Å²) in [5, 5.41) is 3.47. The van der Waals surface area contributed by atoms with Gasteiger partial charge in [0.15, 0.2) is 0 Å². The SMILES string of the molecule is CNC1CCCC[C@@H]1N(C)C(C)(C)C. The first-order valence-corrected chi connectivity index (χ1v) is 5.87. The second-order valence-electron chi connectivity index (χ2n) is 5.53. The number of hydrogen-bond donors (Lipinski definition) is 1. The molecule has 0 aliphatic heterocycles. The molecule has 14 heavy (non-hydrogen) atoms. The van der Waals surface area contributed by atoms with Crippen molar-refractivity contribution in [2.24, 2.45) is 0 Å². The van der Waals surface area contributed by atoms with Gasteiger partial charge in [-0.3, -0.25) is 4.90 Å². The lowest BCUT2D eigenvalue weighted by molar-refractivity contribution is 0.0698. The number of nitrogens with one attached hydrogen (secondary N) is 1. The van der Waals surface area contributed by atoms with Crippen LogP contribution in [0.5, 0.6) is 0 Å². The summed E-state index contributed by atoms with van der Waals surface area (Å²) in [4.78, 5) is 2.54. The van der Waals surface area contributed by atoms with E-state index in [1.165, 1.54) is 25.7 Å². The second kappa shape index (κ2) is 4.63. The van der Waals surface area contributed by atoms with Gasteiger partial charge in [0.2, 0.25) is 0 Å². The first kappa shape index (κ1) is 12.0. The molecule has 0 amide bonds. The fourth-order valence-electron chi connectivity index (χ4n) is 2.41. The Hall–Kier alpha value is -0.0800. The standard InChI is InChI=1S/C12H26N2/c1-12(2,3)14(5)11-9-7-6-8-10(11)13-4/h10-11,13H,6-9H2,1-5H3/t10?,11-/m0/s1. The van der Waals surface area contributed by atoms with Gasteiger partial charge in [0.1, 0.15) is 0 Å². The van der Waals surface area contributed by atoms with Crippen LogP contribution in [0.3, 0.4) is 0 Å². The molecule has 0 aromatic carbocycles. The minimum absolute atomic E-state index is 0.289. The molecule has 0 aromatic heterocycles. The zero-order valence-electron chi connectivity index (χ0n) is 10.4. The number of rotatable bonds is 2. The van der Waals surface area contributed by atoms with Gasteiger partial charge in [-0.1, -0.05) is 12.8 Å². The van der Waals surface area contributed by atoms with Gasteiger partial charge in [0.05, 0.1) is 0 Å². The summed E-state index contributed by atoms with van der Waals surface area (Å²) >= 11 is 0. The minimum Gasteiger partial charge on any atom is -0.315 e. The lowest BCUT2D eigenvalue weighted by Crippen LogP contribution is -2.55. The van der Waals surface area contributed by atoms with Gasteiger partial charge < -0.3 is 5.32 Å². The zero-order valence-corrected chi connectivity index (χ0v) is 10.4. The molecule has 2 heteroatoms. The molecular formula is C12H26N2. The van der Waals surface area contributed by atoms with Gasteiger partial charge in [-0.2, -0.15) is 0 Å². The van der Waals surface area contributed by atoms with Crippen molar-refractivity contribution in [1.82, 2.24) is 10.2 Å². The predicted molar refractivity (Wildman–Crippen MR) is 62.6 cm³/mol. The summed E-state index contributed by atoms with van der Waals surface area (Å²) in [6.07, 6.45) is 5.46. The van der Waals surface area contributed by atoms with Gasteiger partial charge in [0.25, 0.3) is 0 Å². The molecule has 0 bridgehead atoms. The Balaban J connectivity index is 2.63. The van der Waals surface area contributed by atoms with Crippen molar-refractivity contribution in [3.63, 3.8) is 0 Å². The molecule has 0 radical (unpaired) electrons. The van der Waals surface area contributed by atoms with Crippen LogP contribution in [0.15, 0.2) is 0 Å². The summed E-state index contributed by atoms with van der Waals surface area (Å²) in [5.41, 5.74) is 0.289. The van der Waals surface area contributed by atoms with E-state index < -0.39 is 0 Å². The van der Waals surface area contributed by atoms with Crippen molar-refractivity contribution < 1.29 is 0 Å². The average molecular weight is 198 g/mol. The molecular weight excluding hydrogens is 172 g/mol. The fourth-order valence-corrected chi connectivity index (χ4v) is 2.41. The van der Waals surface area contributed by atoms with Crippen LogP contribution in [0.2, 0.25) is 0 Å². The van der Waals surface area contributed by atoms with Crippen molar-refractivity contribution >= 4 is 0 Å². The molecule has 0 saturated heterocycles. The summed E-state index contributed by atoms with van der Waals surface area (Å²) < 4.78 is 0. The minimum atomic E-state index is 0.289. The predicted octanol–water partition coefficient (Wildman–Crippen LogP) is 2.25. The van der Waals surface area contributed by atoms with E-state index >= 15 is 0 Å². The third-order valence-electron chi connectivity index (χ3n) is 3.66. The number of hydrogen-bond acceptors (Lipinski definition) is 2. The molecule has 1 saturated carbocycles. The molecule has 2 nitrogen and oxygen atoms in total. The lowest BCUT2D eigenvalue weighted by Gasteiger charge is -2.44. The molecule has 1 unspecified atom stereocenters. The Labute approximate surface area is 89.1 Å². The van der Waals surface area contributed by atoms with Crippen molar-refractivity contribution in [3.05, 3.63) is 0 Å². The van der Waals surface area contributed by atoms with E-state index in [-0.39, 0.29) is 5.54 Å². The Morgan fingerprint density at radius 3 is 2.21 bits per heavy atom. The highest BCUT2D eigenvalue weighted by atomic mass is 15.2. The number of likely N-dealkylation sites (N-methyl/N-ethyl adjacent to an activating group) is 2. The highest BCUT2D eigenvalue weighted by Gasteiger charge is 2.32. The van der Waals surface area contributed by atoms with Gasteiger partial charge in [-0.25, -0.2) is 0 Å². The molecule has 84 valence electrons. The fraction of sp³-hybridized carbons (Fsp3) is 1.00. The highest BCUT2D eigenvalue weighted by molar-refractivity contribution is 4.90. The largest absolute Gasteiger partial charge is 0.315 e. The van der Waals surface area contributed by atoms with Crippen LogP contribution in [0.4, 0.5) is 0 Å². The summed E-state index contributed by atoms with van der Waals surface area (Å²) in [5.74, 6) is 0. The van der Waals surface area contributed by atoms with Crippen LogP contribution in [0.1, 0.15) is 46.5 Å². The lowest BCUT2D eigenvalue weighted by atomic mass is 9.87. The zero-order chi connectivity index (χ0) is 10.8. The maximum atomic E-state index is 3.47. The maximum absolute atomic E-state index is 3.47. The van der Waals surface area contributed by atoms with E-state index in [1.807, 2.05) is 0 Å². The quantitative estimate of drug-likeness (QED) is 0.732. The van der Waals surface area contributed by atoms with Gasteiger partial charge in [0, 0.05) is 17.6 Å². The first-order valence-electron chi connectivity index (χ1n) is 5.87.